The Kier molecular flexibility index (Phi) is 2.56. The summed E-state index contributed by atoms with van der Waals surface area (Å²) in [6, 6.07) is 5.84. The summed E-state index contributed by atoms with van der Waals surface area (Å²) in [5.74, 6) is -0.0466. The first-order chi connectivity index (χ1) is 8.73. The van der Waals surface area contributed by atoms with Crippen LogP contribution in [0, 0.1) is 5.41 Å². The lowest BCUT2D eigenvalue weighted by atomic mass is 10.1. The van der Waals surface area contributed by atoms with Crippen LogP contribution in [0.15, 0.2) is 24.5 Å². The minimum absolute atomic E-state index is 0.0466. The van der Waals surface area contributed by atoms with Crippen LogP contribution in [0.1, 0.15) is 18.4 Å². The monoisotopic (exact) mass is 245 g/mol. The van der Waals surface area contributed by atoms with Crippen molar-refractivity contribution < 1.29 is 9.90 Å². The molecule has 1 saturated carbocycles. The van der Waals surface area contributed by atoms with Crippen LogP contribution >= 0.6 is 0 Å². The molecule has 0 radical (unpaired) electrons. The van der Waals surface area contributed by atoms with Crippen LogP contribution in [0.2, 0.25) is 0 Å². The van der Waals surface area contributed by atoms with Crippen LogP contribution in [0.4, 0.5) is 0 Å². The Balaban J connectivity index is 1.67. The van der Waals surface area contributed by atoms with E-state index in [1.807, 2.05) is 18.2 Å². The van der Waals surface area contributed by atoms with Gasteiger partial charge in [-0.1, -0.05) is 6.07 Å². The van der Waals surface area contributed by atoms with E-state index >= 15 is 0 Å². The molecule has 18 heavy (non-hydrogen) atoms. The van der Waals surface area contributed by atoms with Gasteiger partial charge in [-0.25, -0.2) is 4.98 Å². The molecule has 3 N–H and O–H groups in total. The zero-order valence-corrected chi connectivity index (χ0v) is 9.94. The van der Waals surface area contributed by atoms with E-state index in [-0.39, 0.29) is 12.5 Å². The summed E-state index contributed by atoms with van der Waals surface area (Å²) < 4.78 is 0. The van der Waals surface area contributed by atoms with Gasteiger partial charge < -0.3 is 15.4 Å². The number of amides is 1. The molecule has 1 aliphatic carbocycles. The maximum Gasteiger partial charge on any atom is 0.228 e. The van der Waals surface area contributed by atoms with Gasteiger partial charge in [0.05, 0.1) is 29.4 Å². The topological polar surface area (TPSA) is 78.0 Å². The molecule has 2 aromatic rings. The number of benzene rings is 1. The molecule has 1 amide bonds. The van der Waals surface area contributed by atoms with Gasteiger partial charge in [-0.05, 0) is 30.5 Å². The van der Waals surface area contributed by atoms with Crippen LogP contribution in [-0.2, 0) is 11.3 Å². The minimum Gasteiger partial charge on any atom is -0.395 e. The molecule has 0 aliphatic heterocycles. The molecule has 1 fully saturated rings. The maximum atomic E-state index is 11.9. The van der Waals surface area contributed by atoms with Gasteiger partial charge in [0.2, 0.25) is 5.91 Å². The van der Waals surface area contributed by atoms with Crippen molar-refractivity contribution in [1.29, 1.82) is 0 Å². The second-order valence-corrected chi connectivity index (χ2v) is 4.88. The van der Waals surface area contributed by atoms with Crippen molar-refractivity contribution in [3.63, 3.8) is 0 Å². The molecule has 0 spiro atoms. The van der Waals surface area contributed by atoms with Crippen molar-refractivity contribution in [2.75, 3.05) is 6.61 Å². The summed E-state index contributed by atoms with van der Waals surface area (Å²) in [6.07, 6.45) is 3.22. The van der Waals surface area contributed by atoms with Gasteiger partial charge in [0.1, 0.15) is 0 Å². The van der Waals surface area contributed by atoms with Gasteiger partial charge in [-0.15, -0.1) is 0 Å². The molecule has 5 nitrogen and oxygen atoms in total. The van der Waals surface area contributed by atoms with E-state index in [0.717, 1.165) is 29.4 Å². The van der Waals surface area contributed by atoms with Crippen LogP contribution in [0.5, 0.6) is 0 Å². The number of nitrogens with zero attached hydrogens (tertiary/aromatic N) is 1. The van der Waals surface area contributed by atoms with Crippen molar-refractivity contribution >= 4 is 16.9 Å². The second-order valence-electron chi connectivity index (χ2n) is 4.88. The summed E-state index contributed by atoms with van der Waals surface area (Å²) in [6.45, 7) is 0.425. The molecule has 0 saturated heterocycles. The van der Waals surface area contributed by atoms with E-state index in [9.17, 15) is 4.79 Å². The fraction of sp³-hybridized carbons (Fsp3) is 0.385. The van der Waals surface area contributed by atoms with Crippen molar-refractivity contribution in [3.05, 3.63) is 30.1 Å². The summed E-state index contributed by atoms with van der Waals surface area (Å²) in [5, 5.41) is 12.0. The van der Waals surface area contributed by atoms with Crippen molar-refractivity contribution in [1.82, 2.24) is 15.3 Å². The molecule has 0 bridgehead atoms. The lowest BCUT2D eigenvalue weighted by Crippen LogP contribution is -2.33. The molecule has 94 valence electrons. The normalized spacial score (nSPS) is 16.7. The molecular weight excluding hydrogens is 230 g/mol. The number of rotatable bonds is 4. The highest BCUT2D eigenvalue weighted by Crippen LogP contribution is 2.45. The van der Waals surface area contributed by atoms with E-state index in [1.165, 1.54) is 0 Å². The SMILES string of the molecule is O=C(NCc1ccc2nc[nH]c2c1)C1(CO)CC1. The smallest absolute Gasteiger partial charge is 0.228 e. The number of H-pyrrole nitrogens is 1. The van der Waals surface area contributed by atoms with E-state index in [0.29, 0.717) is 6.54 Å². The minimum atomic E-state index is -0.502. The Labute approximate surface area is 104 Å². The first-order valence-electron chi connectivity index (χ1n) is 6.05. The second kappa shape index (κ2) is 4.10. The zero-order chi connectivity index (χ0) is 12.6. The Morgan fingerprint density at radius 2 is 2.33 bits per heavy atom. The highest BCUT2D eigenvalue weighted by molar-refractivity contribution is 5.85. The van der Waals surface area contributed by atoms with Gasteiger partial charge in [0.15, 0.2) is 0 Å². The highest BCUT2D eigenvalue weighted by Gasteiger charge is 2.49. The van der Waals surface area contributed by atoms with Crippen molar-refractivity contribution in [3.8, 4) is 0 Å². The number of fused-ring (bicyclic) bond motifs is 1. The van der Waals surface area contributed by atoms with Crippen LogP contribution in [0.25, 0.3) is 11.0 Å². The lowest BCUT2D eigenvalue weighted by Gasteiger charge is -2.12. The molecule has 5 heteroatoms. The average molecular weight is 245 g/mol. The number of aromatic nitrogens is 2. The van der Waals surface area contributed by atoms with Gasteiger partial charge in [0.25, 0.3) is 0 Å². The Hall–Kier alpha value is -1.88. The number of aromatic amines is 1. The fourth-order valence-corrected chi connectivity index (χ4v) is 2.07. The number of carbonyl (C=O) groups excluding carboxylic acids is 1. The van der Waals surface area contributed by atoms with E-state index in [1.54, 1.807) is 6.33 Å². The third kappa shape index (κ3) is 1.86. The zero-order valence-electron chi connectivity index (χ0n) is 9.94. The number of hydrogen-bond acceptors (Lipinski definition) is 3. The number of aliphatic hydroxyl groups excluding tert-OH is 1. The number of imidazole rings is 1. The Morgan fingerprint density at radius 1 is 1.50 bits per heavy atom. The van der Waals surface area contributed by atoms with Crippen LogP contribution < -0.4 is 5.32 Å². The largest absolute Gasteiger partial charge is 0.395 e. The molecule has 0 unspecified atom stereocenters. The lowest BCUT2D eigenvalue weighted by molar-refractivity contribution is -0.127. The van der Waals surface area contributed by atoms with Gasteiger partial charge in [0, 0.05) is 6.54 Å². The third-order valence-corrected chi connectivity index (χ3v) is 3.58. The first-order valence-corrected chi connectivity index (χ1v) is 6.05. The van der Waals surface area contributed by atoms with Crippen LogP contribution in [0.3, 0.4) is 0 Å². The predicted octanol–water partition coefficient (Wildman–Crippen LogP) is 0.952. The predicted molar refractivity (Wildman–Crippen MR) is 66.7 cm³/mol. The quantitative estimate of drug-likeness (QED) is 0.750. The van der Waals surface area contributed by atoms with Crippen molar-refractivity contribution in [2.45, 2.75) is 19.4 Å². The summed E-state index contributed by atoms with van der Waals surface area (Å²) >= 11 is 0. The molecule has 3 rings (SSSR count). The summed E-state index contributed by atoms with van der Waals surface area (Å²) in [7, 11) is 0. The average Bonchev–Trinajstić information content (AvgIpc) is 3.07. The van der Waals surface area contributed by atoms with Crippen LogP contribution in [-0.4, -0.2) is 27.6 Å². The van der Waals surface area contributed by atoms with E-state index in [2.05, 4.69) is 15.3 Å². The van der Waals surface area contributed by atoms with Gasteiger partial charge in [-0.3, -0.25) is 4.79 Å². The summed E-state index contributed by atoms with van der Waals surface area (Å²) in [5.41, 5.74) is 2.40. The number of nitrogens with one attached hydrogen (secondary N) is 2. The highest BCUT2D eigenvalue weighted by atomic mass is 16.3. The molecule has 1 aromatic heterocycles. The Morgan fingerprint density at radius 3 is 3.06 bits per heavy atom. The maximum absolute atomic E-state index is 11.9. The standard InChI is InChI=1S/C13H15N3O2/c17-7-13(3-4-13)12(18)14-6-9-1-2-10-11(5-9)16-8-15-10/h1-2,5,8,17H,3-4,6-7H2,(H,14,18)(H,15,16). The number of aliphatic hydroxyl groups is 1. The molecular formula is C13H15N3O2. The molecule has 0 atom stereocenters. The van der Waals surface area contributed by atoms with Gasteiger partial charge >= 0.3 is 0 Å². The number of hydrogen-bond donors (Lipinski definition) is 3. The summed E-state index contributed by atoms with van der Waals surface area (Å²) in [4.78, 5) is 19.0. The molecule has 1 heterocycles. The molecule has 1 aliphatic rings. The Bertz CT molecular complexity index is 587. The van der Waals surface area contributed by atoms with Gasteiger partial charge in [-0.2, -0.15) is 0 Å². The fourth-order valence-electron chi connectivity index (χ4n) is 2.07. The van der Waals surface area contributed by atoms with E-state index in [4.69, 9.17) is 5.11 Å². The number of carbonyl (C=O) groups is 1. The van der Waals surface area contributed by atoms with Crippen molar-refractivity contribution in [2.24, 2.45) is 5.41 Å². The van der Waals surface area contributed by atoms with E-state index < -0.39 is 5.41 Å². The molecule has 1 aromatic carbocycles. The third-order valence-electron chi connectivity index (χ3n) is 3.58. The first kappa shape index (κ1) is 11.2.